The van der Waals surface area contributed by atoms with Crippen molar-refractivity contribution in [1.29, 1.82) is 0 Å². The van der Waals surface area contributed by atoms with Gasteiger partial charge < -0.3 is 4.52 Å². The molecule has 1 aromatic carbocycles. The second-order valence-electron chi connectivity index (χ2n) is 2.85. The van der Waals surface area contributed by atoms with Crippen molar-refractivity contribution in [2.24, 2.45) is 5.11 Å². The molecule has 0 aliphatic rings. The molecule has 2 aromatic rings. The molecular weight excluding hydrogens is 194 g/mol. The quantitative estimate of drug-likeness (QED) is 0.425. The SMILES string of the molecule is Cc1noc(-c2ccccc2N=[N+]=[N-])n1. The Labute approximate surface area is 85.2 Å². The van der Waals surface area contributed by atoms with Crippen molar-refractivity contribution in [3.8, 4) is 11.5 Å². The average Bonchev–Trinajstić information content (AvgIpc) is 2.66. The number of hydrogen-bond acceptors (Lipinski definition) is 4. The first-order valence-corrected chi connectivity index (χ1v) is 4.26. The summed E-state index contributed by atoms with van der Waals surface area (Å²) >= 11 is 0. The van der Waals surface area contributed by atoms with Gasteiger partial charge in [-0.05, 0) is 18.5 Å². The Bertz CT molecular complexity index is 527. The summed E-state index contributed by atoms with van der Waals surface area (Å²) in [6.45, 7) is 1.73. The topological polar surface area (TPSA) is 87.7 Å². The molecule has 6 nitrogen and oxygen atoms in total. The van der Waals surface area contributed by atoms with Crippen LogP contribution < -0.4 is 0 Å². The van der Waals surface area contributed by atoms with Gasteiger partial charge in [0.25, 0.3) is 5.89 Å². The molecule has 0 unspecified atom stereocenters. The molecule has 15 heavy (non-hydrogen) atoms. The third-order valence-corrected chi connectivity index (χ3v) is 1.81. The van der Waals surface area contributed by atoms with E-state index in [1.807, 2.05) is 6.07 Å². The van der Waals surface area contributed by atoms with Crippen molar-refractivity contribution in [1.82, 2.24) is 10.1 Å². The smallest absolute Gasteiger partial charge is 0.258 e. The molecule has 0 saturated carbocycles. The van der Waals surface area contributed by atoms with E-state index in [4.69, 9.17) is 10.1 Å². The van der Waals surface area contributed by atoms with Gasteiger partial charge in [0.1, 0.15) is 0 Å². The Morgan fingerprint density at radius 2 is 2.20 bits per heavy atom. The lowest BCUT2D eigenvalue weighted by molar-refractivity contribution is 0.425. The maximum atomic E-state index is 8.39. The molecule has 0 aliphatic heterocycles. The summed E-state index contributed by atoms with van der Waals surface area (Å²) in [6, 6.07) is 7.04. The molecule has 0 saturated heterocycles. The fourth-order valence-electron chi connectivity index (χ4n) is 1.20. The Morgan fingerprint density at radius 3 is 2.87 bits per heavy atom. The summed E-state index contributed by atoms with van der Waals surface area (Å²) in [6.07, 6.45) is 0. The first kappa shape index (κ1) is 9.23. The number of benzene rings is 1. The maximum absolute atomic E-state index is 8.39. The lowest BCUT2D eigenvalue weighted by Gasteiger charge is -1.97. The largest absolute Gasteiger partial charge is 0.334 e. The molecule has 1 heterocycles. The van der Waals surface area contributed by atoms with E-state index in [1.165, 1.54) is 0 Å². The highest BCUT2D eigenvalue weighted by Crippen LogP contribution is 2.28. The first-order valence-electron chi connectivity index (χ1n) is 4.26. The number of aromatic nitrogens is 2. The van der Waals surface area contributed by atoms with Crippen LogP contribution in [0.15, 0.2) is 33.9 Å². The van der Waals surface area contributed by atoms with Gasteiger partial charge in [0.2, 0.25) is 0 Å². The van der Waals surface area contributed by atoms with Gasteiger partial charge in [-0.2, -0.15) is 4.98 Å². The van der Waals surface area contributed by atoms with Gasteiger partial charge in [-0.15, -0.1) is 0 Å². The molecular formula is C9H7N5O. The highest BCUT2D eigenvalue weighted by molar-refractivity contribution is 5.69. The minimum absolute atomic E-state index is 0.357. The zero-order valence-corrected chi connectivity index (χ0v) is 7.95. The highest BCUT2D eigenvalue weighted by atomic mass is 16.5. The Balaban J connectivity index is 2.56. The maximum Gasteiger partial charge on any atom is 0.258 e. The average molecular weight is 201 g/mol. The summed E-state index contributed by atoms with van der Waals surface area (Å²) in [7, 11) is 0. The summed E-state index contributed by atoms with van der Waals surface area (Å²) < 4.78 is 4.99. The van der Waals surface area contributed by atoms with Crippen LogP contribution in [0.2, 0.25) is 0 Å². The number of nitrogens with zero attached hydrogens (tertiary/aromatic N) is 5. The summed E-state index contributed by atoms with van der Waals surface area (Å²) in [5, 5.41) is 7.22. The molecule has 0 atom stereocenters. The second-order valence-corrected chi connectivity index (χ2v) is 2.85. The summed E-state index contributed by atoms with van der Waals surface area (Å²) in [5.41, 5.74) is 9.50. The molecule has 0 aliphatic carbocycles. The van der Waals surface area contributed by atoms with E-state index in [9.17, 15) is 0 Å². The van der Waals surface area contributed by atoms with Crippen LogP contribution in [0.25, 0.3) is 21.9 Å². The van der Waals surface area contributed by atoms with E-state index < -0.39 is 0 Å². The third kappa shape index (κ3) is 1.79. The van der Waals surface area contributed by atoms with Crippen molar-refractivity contribution in [2.75, 3.05) is 0 Å². The zero-order valence-electron chi connectivity index (χ0n) is 7.95. The number of rotatable bonds is 2. The van der Waals surface area contributed by atoms with Gasteiger partial charge in [-0.3, -0.25) is 0 Å². The van der Waals surface area contributed by atoms with Crippen molar-refractivity contribution < 1.29 is 4.52 Å². The minimum atomic E-state index is 0.357. The normalized spacial score (nSPS) is 9.67. The van der Waals surface area contributed by atoms with Crippen molar-refractivity contribution in [2.45, 2.75) is 6.92 Å². The van der Waals surface area contributed by atoms with Gasteiger partial charge in [-0.1, -0.05) is 28.5 Å². The molecule has 1 aromatic heterocycles. The van der Waals surface area contributed by atoms with Crippen LogP contribution >= 0.6 is 0 Å². The summed E-state index contributed by atoms with van der Waals surface area (Å²) in [4.78, 5) is 6.80. The van der Waals surface area contributed by atoms with E-state index in [2.05, 4.69) is 20.2 Å². The van der Waals surface area contributed by atoms with E-state index in [1.54, 1.807) is 25.1 Å². The van der Waals surface area contributed by atoms with Gasteiger partial charge in [0.15, 0.2) is 5.82 Å². The summed E-state index contributed by atoms with van der Waals surface area (Å²) in [5.74, 6) is 0.899. The van der Waals surface area contributed by atoms with E-state index in [0.717, 1.165) is 0 Å². The Morgan fingerprint density at radius 1 is 1.40 bits per heavy atom. The molecule has 0 fully saturated rings. The molecule has 0 amide bonds. The van der Waals surface area contributed by atoms with Crippen LogP contribution in [0.3, 0.4) is 0 Å². The van der Waals surface area contributed by atoms with Crippen LogP contribution in [-0.2, 0) is 0 Å². The lowest BCUT2D eigenvalue weighted by atomic mass is 10.2. The first-order chi connectivity index (χ1) is 7.31. The van der Waals surface area contributed by atoms with Crippen LogP contribution in [0.1, 0.15) is 5.82 Å². The van der Waals surface area contributed by atoms with Gasteiger partial charge in [0.05, 0.1) is 5.69 Å². The zero-order chi connectivity index (χ0) is 10.7. The van der Waals surface area contributed by atoms with Crippen molar-refractivity contribution in [3.63, 3.8) is 0 Å². The van der Waals surface area contributed by atoms with Gasteiger partial charge in [-0.25, -0.2) is 0 Å². The molecule has 0 bridgehead atoms. The third-order valence-electron chi connectivity index (χ3n) is 1.81. The van der Waals surface area contributed by atoms with E-state index in [0.29, 0.717) is 23.0 Å². The molecule has 0 radical (unpaired) electrons. The molecule has 2 rings (SSSR count). The van der Waals surface area contributed by atoms with E-state index in [-0.39, 0.29) is 0 Å². The van der Waals surface area contributed by atoms with Crippen LogP contribution in [-0.4, -0.2) is 10.1 Å². The molecule has 0 spiro atoms. The van der Waals surface area contributed by atoms with Crippen LogP contribution in [0.4, 0.5) is 5.69 Å². The fourth-order valence-corrected chi connectivity index (χ4v) is 1.20. The fraction of sp³-hybridized carbons (Fsp3) is 0.111. The van der Waals surface area contributed by atoms with Crippen molar-refractivity contribution >= 4 is 5.69 Å². The number of aryl methyl sites for hydroxylation is 1. The monoisotopic (exact) mass is 201 g/mol. The number of hydrogen-bond donors (Lipinski definition) is 0. The predicted molar refractivity (Wildman–Crippen MR) is 53.3 cm³/mol. The molecule has 74 valence electrons. The number of azide groups is 1. The molecule has 6 heteroatoms. The Hall–Kier alpha value is -2.33. The van der Waals surface area contributed by atoms with Gasteiger partial charge in [0, 0.05) is 10.5 Å². The highest BCUT2D eigenvalue weighted by Gasteiger charge is 2.09. The van der Waals surface area contributed by atoms with Gasteiger partial charge >= 0.3 is 0 Å². The van der Waals surface area contributed by atoms with E-state index >= 15 is 0 Å². The standard InChI is InChI=1S/C9H7N5O/c1-6-11-9(15-13-6)7-4-2-3-5-8(7)12-14-10/h2-5H,1H3. The minimum Gasteiger partial charge on any atom is -0.334 e. The molecule has 0 N–H and O–H groups in total. The predicted octanol–water partition coefficient (Wildman–Crippen LogP) is 2.99. The van der Waals surface area contributed by atoms with Crippen molar-refractivity contribution in [3.05, 3.63) is 40.5 Å². The van der Waals surface area contributed by atoms with Crippen LogP contribution in [0.5, 0.6) is 0 Å². The Kier molecular flexibility index (Phi) is 2.35. The second kappa shape index (κ2) is 3.81. The van der Waals surface area contributed by atoms with Crippen LogP contribution in [0, 0.1) is 6.92 Å². The lowest BCUT2D eigenvalue weighted by Crippen LogP contribution is -1.78.